The maximum Gasteiger partial charge on any atom is 0.221 e. The summed E-state index contributed by atoms with van der Waals surface area (Å²) in [4.78, 5) is 10.9. The number of rotatable bonds is 0. The average Bonchev–Trinajstić information content (AvgIpc) is 2.54. The van der Waals surface area contributed by atoms with E-state index in [-0.39, 0.29) is 0 Å². The zero-order valence-electron chi connectivity index (χ0n) is 7.79. The molecule has 0 saturated carbocycles. The molecule has 3 nitrogen and oxygen atoms in total. The average molecular weight is 205 g/mol. The Morgan fingerprint density at radius 2 is 2.14 bits per heavy atom. The zero-order valence-corrected chi connectivity index (χ0v) is 8.60. The second-order valence-electron chi connectivity index (χ2n) is 3.66. The molecule has 0 aromatic carbocycles. The first-order valence-electron chi connectivity index (χ1n) is 4.87. The van der Waals surface area contributed by atoms with Crippen LogP contribution < -0.4 is 5.73 Å². The molecule has 2 N–H and O–H groups in total. The first kappa shape index (κ1) is 8.17. The molecule has 1 aliphatic carbocycles. The summed E-state index contributed by atoms with van der Waals surface area (Å²) >= 11 is 1.78. The van der Waals surface area contributed by atoms with E-state index in [1.807, 2.05) is 6.20 Å². The number of hydrogen-bond acceptors (Lipinski definition) is 4. The Balaban J connectivity index is 2.31. The Kier molecular flexibility index (Phi) is 1.70. The van der Waals surface area contributed by atoms with Gasteiger partial charge in [-0.2, -0.15) is 0 Å². The fourth-order valence-corrected chi connectivity index (χ4v) is 3.30. The van der Waals surface area contributed by atoms with Crippen molar-refractivity contribution < 1.29 is 0 Å². The van der Waals surface area contributed by atoms with Gasteiger partial charge in [0, 0.05) is 16.5 Å². The molecular weight excluding hydrogens is 194 g/mol. The van der Waals surface area contributed by atoms with Gasteiger partial charge in [0.05, 0.1) is 0 Å². The minimum atomic E-state index is 0.385. The van der Waals surface area contributed by atoms with Crippen LogP contribution in [0.1, 0.15) is 23.3 Å². The van der Waals surface area contributed by atoms with Gasteiger partial charge >= 0.3 is 0 Å². The van der Waals surface area contributed by atoms with Crippen molar-refractivity contribution in [3.8, 4) is 0 Å². The van der Waals surface area contributed by atoms with Gasteiger partial charge in [-0.25, -0.2) is 9.97 Å². The van der Waals surface area contributed by atoms with Crippen LogP contribution in [0.15, 0.2) is 6.20 Å². The van der Waals surface area contributed by atoms with Crippen LogP contribution in [0.3, 0.4) is 0 Å². The predicted octanol–water partition coefficient (Wildman–Crippen LogP) is 2.15. The highest BCUT2D eigenvalue weighted by atomic mass is 32.1. The molecule has 4 heteroatoms. The van der Waals surface area contributed by atoms with Crippen LogP contribution in [0.4, 0.5) is 5.95 Å². The van der Waals surface area contributed by atoms with Gasteiger partial charge in [-0.15, -0.1) is 11.3 Å². The van der Waals surface area contributed by atoms with Gasteiger partial charge < -0.3 is 5.73 Å². The zero-order chi connectivity index (χ0) is 9.54. The Labute approximate surface area is 86.0 Å². The fourth-order valence-electron chi connectivity index (χ4n) is 2.06. The third-order valence-electron chi connectivity index (χ3n) is 2.73. The first-order chi connectivity index (χ1) is 6.84. The number of nitrogens with zero attached hydrogens (tertiary/aromatic N) is 2. The molecule has 0 atom stereocenters. The summed E-state index contributed by atoms with van der Waals surface area (Å²) < 4.78 is 0. The van der Waals surface area contributed by atoms with Gasteiger partial charge in [0.15, 0.2) is 0 Å². The van der Waals surface area contributed by atoms with E-state index in [2.05, 4.69) is 9.97 Å². The molecule has 72 valence electrons. The summed E-state index contributed by atoms with van der Waals surface area (Å²) in [6, 6.07) is 0. The van der Waals surface area contributed by atoms with E-state index in [1.54, 1.807) is 11.3 Å². The highest BCUT2D eigenvalue weighted by molar-refractivity contribution is 7.18. The third kappa shape index (κ3) is 1.10. The van der Waals surface area contributed by atoms with Crippen molar-refractivity contribution >= 4 is 27.5 Å². The molecule has 0 amide bonds. The van der Waals surface area contributed by atoms with Gasteiger partial charge in [-0.05, 0) is 31.2 Å². The van der Waals surface area contributed by atoms with E-state index in [9.17, 15) is 0 Å². The van der Waals surface area contributed by atoms with E-state index in [1.165, 1.54) is 41.5 Å². The third-order valence-corrected chi connectivity index (χ3v) is 3.94. The summed E-state index contributed by atoms with van der Waals surface area (Å²) in [5.74, 6) is 0.385. The van der Waals surface area contributed by atoms with Crippen molar-refractivity contribution in [3.05, 3.63) is 16.6 Å². The Morgan fingerprint density at radius 3 is 3.07 bits per heavy atom. The Bertz CT molecular complexity index is 489. The van der Waals surface area contributed by atoms with Crippen molar-refractivity contribution in [2.75, 3.05) is 5.73 Å². The Hall–Kier alpha value is -1.16. The summed E-state index contributed by atoms with van der Waals surface area (Å²) in [6.45, 7) is 0. The molecule has 0 aliphatic heterocycles. The van der Waals surface area contributed by atoms with Crippen LogP contribution in [0.2, 0.25) is 0 Å². The summed E-state index contributed by atoms with van der Waals surface area (Å²) in [5.41, 5.74) is 7.03. The Morgan fingerprint density at radius 1 is 1.29 bits per heavy atom. The normalized spacial score (nSPS) is 15.7. The molecule has 0 radical (unpaired) electrons. The summed E-state index contributed by atoms with van der Waals surface area (Å²) in [5, 5.41) is 1.22. The van der Waals surface area contributed by atoms with Crippen LogP contribution in [0.25, 0.3) is 10.2 Å². The lowest BCUT2D eigenvalue weighted by Gasteiger charge is -2.09. The van der Waals surface area contributed by atoms with Crippen LogP contribution >= 0.6 is 11.3 Å². The molecule has 1 aliphatic rings. The molecule has 0 fully saturated rings. The van der Waals surface area contributed by atoms with Crippen molar-refractivity contribution in [1.29, 1.82) is 0 Å². The first-order valence-corrected chi connectivity index (χ1v) is 5.69. The summed E-state index contributed by atoms with van der Waals surface area (Å²) in [6.07, 6.45) is 6.86. The van der Waals surface area contributed by atoms with E-state index < -0.39 is 0 Å². The SMILES string of the molecule is Nc1ncc2c3c(sc2n1)CCCC3. The van der Waals surface area contributed by atoms with E-state index in [0.717, 1.165) is 4.83 Å². The fraction of sp³-hybridized carbons (Fsp3) is 0.400. The topological polar surface area (TPSA) is 51.8 Å². The van der Waals surface area contributed by atoms with Crippen molar-refractivity contribution in [1.82, 2.24) is 9.97 Å². The molecule has 0 spiro atoms. The van der Waals surface area contributed by atoms with Crippen molar-refractivity contribution in [3.63, 3.8) is 0 Å². The van der Waals surface area contributed by atoms with E-state index in [4.69, 9.17) is 5.73 Å². The number of aromatic nitrogens is 2. The van der Waals surface area contributed by atoms with Crippen LogP contribution in [-0.4, -0.2) is 9.97 Å². The number of aryl methyl sites for hydroxylation is 2. The molecule has 3 rings (SSSR count). The monoisotopic (exact) mass is 205 g/mol. The minimum absolute atomic E-state index is 0.385. The van der Waals surface area contributed by atoms with Gasteiger partial charge in [0.1, 0.15) is 4.83 Å². The molecule has 2 aromatic heterocycles. The predicted molar refractivity (Wildman–Crippen MR) is 58.5 cm³/mol. The lowest BCUT2D eigenvalue weighted by atomic mass is 9.97. The summed E-state index contributed by atoms with van der Waals surface area (Å²) in [7, 11) is 0. The second kappa shape index (κ2) is 2.92. The number of hydrogen-bond donors (Lipinski definition) is 1. The molecule has 0 saturated heterocycles. The maximum atomic E-state index is 5.57. The van der Waals surface area contributed by atoms with E-state index in [0.29, 0.717) is 5.95 Å². The maximum absolute atomic E-state index is 5.57. The largest absolute Gasteiger partial charge is 0.368 e. The van der Waals surface area contributed by atoms with Gasteiger partial charge in [-0.1, -0.05) is 0 Å². The lowest BCUT2D eigenvalue weighted by Crippen LogP contribution is -1.98. The molecule has 2 heterocycles. The molecule has 0 unspecified atom stereocenters. The standard InChI is InChI=1S/C10H11N3S/c11-10-12-5-7-6-3-1-2-4-8(6)14-9(7)13-10/h5H,1-4H2,(H2,11,12,13). The van der Waals surface area contributed by atoms with Crippen LogP contribution in [0.5, 0.6) is 0 Å². The highest BCUT2D eigenvalue weighted by Crippen LogP contribution is 2.34. The minimum Gasteiger partial charge on any atom is -0.368 e. The van der Waals surface area contributed by atoms with Crippen LogP contribution in [0, 0.1) is 0 Å². The number of nitrogen functional groups attached to an aromatic ring is 1. The van der Waals surface area contributed by atoms with Crippen molar-refractivity contribution in [2.24, 2.45) is 0 Å². The molecule has 14 heavy (non-hydrogen) atoms. The molecule has 2 aromatic rings. The lowest BCUT2D eigenvalue weighted by molar-refractivity contribution is 0.700. The molecule has 0 bridgehead atoms. The highest BCUT2D eigenvalue weighted by Gasteiger charge is 2.16. The van der Waals surface area contributed by atoms with Crippen molar-refractivity contribution in [2.45, 2.75) is 25.7 Å². The molecular formula is C10H11N3S. The number of thiophene rings is 1. The smallest absolute Gasteiger partial charge is 0.221 e. The number of fused-ring (bicyclic) bond motifs is 3. The van der Waals surface area contributed by atoms with Gasteiger partial charge in [-0.3, -0.25) is 0 Å². The number of nitrogens with two attached hydrogens (primary N) is 1. The van der Waals surface area contributed by atoms with Gasteiger partial charge in [0.2, 0.25) is 5.95 Å². The van der Waals surface area contributed by atoms with Gasteiger partial charge in [0.25, 0.3) is 0 Å². The van der Waals surface area contributed by atoms with Crippen LogP contribution in [-0.2, 0) is 12.8 Å². The number of anilines is 1. The van der Waals surface area contributed by atoms with E-state index >= 15 is 0 Å². The second-order valence-corrected chi connectivity index (χ2v) is 4.74. The quantitative estimate of drug-likeness (QED) is 0.717.